The van der Waals surface area contributed by atoms with Gasteiger partial charge in [-0.15, -0.1) is 6.58 Å². The van der Waals surface area contributed by atoms with Gasteiger partial charge in [-0.1, -0.05) is 71.8 Å². The van der Waals surface area contributed by atoms with Gasteiger partial charge < -0.3 is 0 Å². The molecule has 0 heteroatoms. The van der Waals surface area contributed by atoms with Gasteiger partial charge in [-0.05, 0) is 52.0 Å². The molecular formula is C32H61+3. The first kappa shape index (κ1) is 37.9. The summed E-state index contributed by atoms with van der Waals surface area (Å²) in [6, 6.07) is 0. The van der Waals surface area contributed by atoms with Crippen LogP contribution < -0.4 is 0 Å². The van der Waals surface area contributed by atoms with Gasteiger partial charge in [0.05, 0.1) is 38.2 Å². The average Bonchev–Trinajstić information content (AvgIpc) is 2.82. The average molecular weight is 446 g/mol. The van der Waals surface area contributed by atoms with Crippen molar-refractivity contribution in [2.24, 2.45) is 0 Å². The van der Waals surface area contributed by atoms with Crippen LogP contribution in [-0.4, -0.2) is 0 Å². The van der Waals surface area contributed by atoms with Crippen molar-refractivity contribution in [1.29, 1.82) is 0 Å². The Morgan fingerprint density at radius 1 is 0.594 bits per heavy atom. The Hall–Kier alpha value is -1.43. The van der Waals surface area contributed by atoms with Crippen LogP contribution in [0.15, 0.2) is 49.1 Å². The molecule has 0 aromatic heterocycles. The zero-order valence-corrected chi connectivity index (χ0v) is 23.4. The zero-order chi connectivity index (χ0) is 25.0. The summed E-state index contributed by atoms with van der Waals surface area (Å²) in [6.45, 7) is 18.8. The van der Waals surface area contributed by atoms with E-state index in [9.17, 15) is 0 Å². The predicted molar refractivity (Wildman–Crippen MR) is 155 cm³/mol. The standard InChI is InChI=1S/C8H16.3C8H15/c4*1-3-5-7-8-6-4-2/h7-8H,3-6H2,1-2H3;5,7-8H,3-4,6H2,1-2H3;3,5,8H,4,6-7H2,1-2H3;3,8H,1,4-7H2,2H3/q;3*+1/b8-7+;7-5+;5-3+;. The van der Waals surface area contributed by atoms with Gasteiger partial charge in [-0.2, -0.15) is 0 Å². The van der Waals surface area contributed by atoms with Crippen molar-refractivity contribution in [3.63, 3.8) is 0 Å². The van der Waals surface area contributed by atoms with Gasteiger partial charge in [0.2, 0.25) is 0 Å². The molecule has 0 fully saturated rings. The number of hydrogen-bond donors (Lipinski definition) is 0. The normalized spacial score (nSPS) is 9.97. The van der Waals surface area contributed by atoms with Crippen molar-refractivity contribution in [2.75, 3.05) is 0 Å². The minimum atomic E-state index is 1.14. The number of hydrogen-bond acceptors (Lipinski definition) is 0. The lowest BCUT2D eigenvalue weighted by Gasteiger charge is -1.83. The van der Waals surface area contributed by atoms with Crippen molar-refractivity contribution in [3.05, 3.63) is 68.4 Å². The predicted octanol–water partition coefficient (Wildman–Crippen LogP) is 12.0. The Bertz CT molecular complexity index is 337. The second-order valence-corrected chi connectivity index (χ2v) is 7.73. The SMILES string of the molecule is C/C=C/C[CH+]CCC.C=CCC[CH+]CCC.CC/C=C/[CH+]CCC.CCC/C=C/CCC. The fourth-order valence-electron chi connectivity index (χ4n) is 2.20. The molecule has 0 N–H and O–H groups in total. The molecule has 32 heavy (non-hydrogen) atoms. The van der Waals surface area contributed by atoms with Crippen molar-refractivity contribution in [1.82, 2.24) is 0 Å². The second kappa shape index (κ2) is 47.4. The van der Waals surface area contributed by atoms with Crippen molar-refractivity contribution >= 4 is 0 Å². The molecule has 0 amide bonds. The van der Waals surface area contributed by atoms with Gasteiger partial charge in [0, 0.05) is 31.8 Å². The molecule has 0 unspecified atom stereocenters. The van der Waals surface area contributed by atoms with Gasteiger partial charge in [-0.3, -0.25) is 0 Å². The van der Waals surface area contributed by atoms with E-state index in [2.05, 4.69) is 111 Å². The first-order valence-corrected chi connectivity index (χ1v) is 13.6. The molecule has 0 aromatic carbocycles. The lowest BCUT2D eigenvalue weighted by Crippen LogP contribution is -1.73. The van der Waals surface area contributed by atoms with E-state index in [1.165, 1.54) is 70.6 Å². The Labute approximate surface area is 206 Å². The highest BCUT2D eigenvalue weighted by Crippen LogP contribution is 2.00. The van der Waals surface area contributed by atoms with Crippen LogP contribution in [0.25, 0.3) is 0 Å². The summed E-state index contributed by atoms with van der Waals surface area (Å²) in [5, 5.41) is 0. The van der Waals surface area contributed by atoms with E-state index in [4.69, 9.17) is 0 Å². The summed E-state index contributed by atoms with van der Waals surface area (Å²) in [7, 11) is 0. The van der Waals surface area contributed by atoms with Crippen molar-refractivity contribution in [2.45, 2.75) is 138 Å². The lowest BCUT2D eigenvalue weighted by atomic mass is 10.2. The highest BCUT2D eigenvalue weighted by atomic mass is 13.9. The third kappa shape index (κ3) is 63.0. The third-order valence-corrected chi connectivity index (χ3v) is 4.14. The Balaban J connectivity index is -0.000000163. The molecule has 0 saturated carbocycles. The van der Waals surface area contributed by atoms with Crippen LogP contribution in [0.1, 0.15) is 138 Å². The summed E-state index contributed by atoms with van der Waals surface area (Å²) < 4.78 is 0. The number of allylic oxidation sites excluding steroid dienone is 7. The van der Waals surface area contributed by atoms with E-state index >= 15 is 0 Å². The molecule has 0 aliphatic rings. The van der Waals surface area contributed by atoms with Gasteiger partial charge >= 0.3 is 0 Å². The fourth-order valence-corrected chi connectivity index (χ4v) is 2.20. The van der Waals surface area contributed by atoms with Gasteiger partial charge in [0.25, 0.3) is 0 Å². The maximum absolute atomic E-state index is 3.64. The maximum atomic E-state index is 3.64. The summed E-state index contributed by atoms with van der Waals surface area (Å²) in [5.41, 5.74) is 0. The van der Waals surface area contributed by atoms with E-state index in [1.54, 1.807) is 0 Å². The van der Waals surface area contributed by atoms with Crippen LogP contribution in [0.3, 0.4) is 0 Å². The van der Waals surface area contributed by atoms with Gasteiger partial charge in [0.1, 0.15) is 6.42 Å². The van der Waals surface area contributed by atoms with Crippen LogP contribution in [0.4, 0.5) is 0 Å². The first-order valence-electron chi connectivity index (χ1n) is 13.6. The molecule has 0 saturated heterocycles. The number of rotatable bonds is 17. The first-order chi connectivity index (χ1) is 15.7. The Morgan fingerprint density at radius 3 is 1.59 bits per heavy atom. The van der Waals surface area contributed by atoms with E-state index in [0.717, 1.165) is 19.3 Å². The zero-order valence-electron chi connectivity index (χ0n) is 23.4. The molecule has 0 atom stereocenters. The smallest absolute Gasteiger partial charge is 0.103 e. The van der Waals surface area contributed by atoms with Gasteiger partial charge in [0.15, 0.2) is 0 Å². The fraction of sp³-hybridized carbons (Fsp3) is 0.656. The van der Waals surface area contributed by atoms with Crippen LogP contribution in [0, 0.1) is 19.3 Å². The van der Waals surface area contributed by atoms with Crippen molar-refractivity contribution in [3.8, 4) is 0 Å². The molecule has 0 nitrogen and oxygen atoms in total. The highest BCUT2D eigenvalue weighted by Gasteiger charge is 1.92. The second-order valence-electron chi connectivity index (χ2n) is 7.73. The van der Waals surface area contributed by atoms with Crippen LogP contribution >= 0.6 is 0 Å². The largest absolute Gasteiger partial charge is 0.106 e. The molecule has 0 aliphatic heterocycles. The number of unbranched alkanes of at least 4 members (excludes halogenated alkanes) is 11. The summed E-state index contributed by atoms with van der Waals surface area (Å²) in [4.78, 5) is 0. The lowest BCUT2D eigenvalue weighted by molar-refractivity contribution is 0.822. The molecule has 0 aliphatic carbocycles. The Morgan fingerprint density at radius 2 is 1.16 bits per heavy atom. The summed E-state index contributed by atoms with van der Waals surface area (Å²) in [6.07, 6.45) is 39.2. The van der Waals surface area contributed by atoms with E-state index in [0.29, 0.717) is 0 Å². The molecular weight excluding hydrogens is 384 g/mol. The van der Waals surface area contributed by atoms with E-state index in [1.807, 2.05) is 6.08 Å². The van der Waals surface area contributed by atoms with Gasteiger partial charge in [-0.25, -0.2) is 0 Å². The third-order valence-electron chi connectivity index (χ3n) is 4.14. The molecule has 0 radical (unpaired) electrons. The Kier molecular flexibility index (Phi) is 56.1. The minimum Gasteiger partial charge on any atom is -0.103 e. The monoisotopic (exact) mass is 445 g/mol. The topological polar surface area (TPSA) is 0 Å². The summed E-state index contributed by atoms with van der Waals surface area (Å²) in [5.74, 6) is 0. The molecule has 0 heterocycles. The highest BCUT2D eigenvalue weighted by molar-refractivity contribution is 4.93. The van der Waals surface area contributed by atoms with Crippen molar-refractivity contribution < 1.29 is 0 Å². The molecule has 0 aromatic rings. The molecule has 186 valence electrons. The van der Waals surface area contributed by atoms with E-state index in [-0.39, 0.29) is 0 Å². The van der Waals surface area contributed by atoms with Crippen LogP contribution in [0.2, 0.25) is 0 Å². The molecule has 0 bridgehead atoms. The van der Waals surface area contributed by atoms with Crippen LogP contribution in [0.5, 0.6) is 0 Å². The van der Waals surface area contributed by atoms with Crippen LogP contribution in [-0.2, 0) is 0 Å². The maximum Gasteiger partial charge on any atom is 0.106 e. The summed E-state index contributed by atoms with van der Waals surface area (Å²) >= 11 is 0. The molecule has 0 rings (SSSR count). The van der Waals surface area contributed by atoms with E-state index < -0.39 is 0 Å². The molecule has 0 spiro atoms. The minimum absolute atomic E-state index is 1.14. The quantitative estimate of drug-likeness (QED) is 0.119.